The number of imide groups is 1. The molecule has 2 aromatic heterocycles. The van der Waals surface area contributed by atoms with Crippen molar-refractivity contribution in [3.05, 3.63) is 36.1 Å². The summed E-state index contributed by atoms with van der Waals surface area (Å²) in [6.07, 6.45) is 2.61. The maximum atomic E-state index is 11.9. The van der Waals surface area contributed by atoms with Gasteiger partial charge in [-0.05, 0) is 18.6 Å². The van der Waals surface area contributed by atoms with Crippen LogP contribution < -0.4 is 5.73 Å². The van der Waals surface area contributed by atoms with E-state index in [9.17, 15) is 9.59 Å². The molecule has 1 radical (unpaired) electrons. The Kier molecular flexibility index (Phi) is 2.70. The summed E-state index contributed by atoms with van der Waals surface area (Å²) in [4.78, 5) is 28.1. The number of pyridine rings is 1. The van der Waals surface area contributed by atoms with Crippen LogP contribution >= 0.6 is 0 Å². The fourth-order valence-corrected chi connectivity index (χ4v) is 2.24. The highest BCUT2D eigenvalue weighted by Crippen LogP contribution is 2.26. The van der Waals surface area contributed by atoms with Gasteiger partial charge >= 0.3 is 6.03 Å². The number of carbonyl (C=O) groups excluding carboxylic acids is 2. The topological polar surface area (TPSA) is 89.4 Å². The highest BCUT2D eigenvalue weighted by atomic mass is 16.3. The number of amides is 3. The lowest BCUT2D eigenvalue weighted by Gasteiger charge is -2.10. The molecule has 0 aliphatic carbocycles. The fraction of sp³-hybridized carbons (Fsp3) is 0.231. The summed E-state index contributed by atoms with van der Waals surface area (Å²) in [5, 5.41) is 0. The first-order chi connectivity index (χ1) is 9.15. The minimum Gasteiger partial charge on any atom is -0.459 e. The molecule has 2 aromatic rings. The Morgan fingerprint density at radius 1 is 1.53 bits per heavy atom. The summed E-state index contributed by atoms with van der Waals surface area (Å²) < 4.78 is 5.60. The summed E-state index contributed by atoms with van der Waals surface area (Å²) in [5.74, 6) is 1.00. The third-order valence-corrected chi connectivity index (χ3v) is 3.18. The number of likely N-dealkylation sites (tertiary alicyclic amines) is 1. The Morgan fingerprint density at radius 3 is 3.05 bits per heavy atom. The lowest BCUT2D eigenvalue weighted by atomic mass is 10.0. The summed E-state index contributed by atoms with van der Waals surface area (Å²) in [5.41, 5.74) is 6.57. The van der Waals surface area contributed by atoms with Crippen LogP contribution in [0.3, 0.4) is 0 Å². The van der Waals surface area contributed by atoms with Crippen molar-refractivity contribution >= 4 is 23.0 Å². The van der Waals surface area contributed by atoms with Gasteiger partial charge in [-0.3, -0.25) is 14.7 Å². The molecule has 0 atom stereocenters. The standard InChI is InChI=1S/C13H12N3O3/c14-13(18)16-5-3-8(12(16)17)6-9-7-10-11(19-9)2-1-4-15-10/h1-2,4,7H,3,5-6H2,(H2,14,18). The molecule has 2 N–H and O–H groups in total. The number of carbonyl (C=O) groups is 2. The molecule has 0 bridgehead atoms. The average molecular weight is 258 g/mol. The van der Waals surface area contributed by atoms with Gasteiger partial charge in [-0.1, -0.05) is 0 Å². The molecular formula is C13H12N3O3. The lowest BCUT2D eigenvalue weighted by molar-refractivity contribution is -0.123. The third kappa shape index (κ3) is 2.05. The molecule has 0 saturated carbocycles. The van der Waals surface area contributed by atoms with Crippen molar-refractivity contribution in [3.63, 3.8) is 0 Å². The highest BCUT2D eigenvalue weighted by Gasteiger charge is 2.35. The number of furan rings is 1. The van der Waals surface area contributed by atoms with Crippen molar-refractivity contribution in [1.82, 2.24) is 9.88 Å². The predicted octanol–water partition coefficient (Wildman–Crippen LogP) is 1.26. The van der Waals surface area contributed by atoms with Gasteiger partial charge in [0.05, 0.1) is 5.92 Å². The number of primary amides is 1. The number of hydrogen-bond acceptors (Lipinski definition) is 4. The molecule has 1 aliphatic heterocycles. The molecule has 97 valence electrons. The largest absolute Gasteiger partial charge is 0.459 e. The van der Waals surface area contributed by atoms with E-state index in [4.69, 9.17) is 10.2 Å². The zero-order chi connectivity index (χ0) is 13.4. The van der Waals surface area contributed by atoms with Crippen LogP contribution in [0, 0.1) is 5.92 Å². The smallest absolute Gasteiger partial charge is 0.321 e. The number of aromatic nitrogens is 1. The molecule has 3 rings (SSSR count). The molecule has 1 fully saturated rings. The van der Waals surface area contributed by atoms with Crippen LogP contribution in [-0.2, 0) is 11.2 Å². The SMILES string of the molecule is NC(=O)N1CC[C](Cc2cc3ncccc3o2)C1=O. The van der Waals surface area contributed by atoms with Gasteiger partial charge in [0.25, 0.3) is 0 Å². The molecule has 6 heteroatoms. The Labute approximate surface area is 109 Å². The van der Waals surface area contributed by atoms with E-state index >= 15 is 0 Å². The van der Waals surface area contributed by atoms with Gasteiger partial charge in [0.1, 0.15) is 11.3 Å². The summed E-state index contributed by atoms with van der Waals surface area (Å²) in [6.45, 7) is 0.349. The minimum atomic E-state index is -0.703. The van der Waals surface area contributed by atoms with Gasteiger partial charge in [0, 0.05) is 25.2 Å². The van der Waals surface area contributed by atoms with Crippen molar-refractivity contribution in [2.24, 2.45) is 5.73 Å². The average Bonchev–Trinajstić information content (AvgIpc) is 2.94. The van der Waals surface area contributed by atoms with Crippen molar-refractivity contribution in [1.29, 1.82) is 0 Å². The minimum absolute atomic E-state index is 0.305. The molecule has 0 spiro atoms. The Hall–Kier alpha value is -2.37. The monoisotopic (exact) mass is 258 g/mol. The summed E-state index contributed by atoms with van der Waals surface area (Å²) >= 11 is 0. The molecule has 1 aliphatic rings. The van der Waals surface area contributed by atoms with E-state index in [2.05, 4.69) is 4.98 Å². The van der Waals surface area contributed by atoms with Crippen molar-refractivity contribution < 1.29 is 14.0 Å². The maximum Gasteiger partial charge on any atom is 0.321 e. The molecule has 0 aromatic carbocycles. The fourth-order valence-electron chi connectivity index (χ4n) is 2.24. The van der Waals surface area contributed by atoms with Crippen molar-refractivity contribution in [2.75, 3.05) is 6.54 Å². The third-order valence-electron chi connectivity index (χ3n) is 3.18. The predicted molar refractivity (Wildman–Crippen MR) is 66.9 cm³/mol. The van der Waals surface area contributed by atoms with Crippen LogP contribution in [-0.4, -0.2) is 28.4 Å². The molecule has 1 saturated heterocycles. The van der Waals surface area contributed by atoms with Gasteiger partial charge in [-0.25, -0.2) is 4.79 Å². The van der Waals surface area contributed by atoms with Crippen LogP contribution in [0.25, 0.3) is 11.1 Å². The second-order valence-corrected chi connectivity index (χ2v) is 4.42. The van der Waals surface area contributed by atoms with Crippen LogP contribution in [0.5, 0.6) is 0 Å². The highest BCUT2D eigenvalue weighted by molar-refractivity contribution is 6.03. The van der Waals surface area contributed by atoms with Gasteiger partial charge in [-0.15, -0.1) is 0 Å². The van der Waals surface area contributed by atoms with E-state index in [1.165, 1.54) is 0 Å². The van der Waals surface area contributed by atoms with Gasteiger partial charge < -0.3 is 10.2 Å². The van der Waals surface area contributed by atoms with E-state index in [-0.39, 0.29) is 5.91 Å². The van der Waals surface area contributed by atoms with Gasteiger partial charge in [0.2, 0.25) is 5.91 Å². The van der Waals surface area contributed by atoms with E-state index in [0.717, 1.165) is 10.4 Å². The molecule has 0 unspecified atom stereocenters. The zero-order valence-electron chi connectivity index (χ0n) is 10.1. The second-order valence-electron chi connectivity index (χ2n) is 4.42. The first-order valence-electron chi connectivity index (χ1n) is 5.94. The molecule has 3 heterocycles. The Bertz CT molecular complexity index is 616. The van der Waals surface area contributed by atoms with E-state index < -0.39 is 6.03 Å². The number of rotatable bonds is 2. The Balaban J connectivity index is 1.78. The normalized spacial score (nSPS) is 16.4. The first-order valence-corrected chi connectivity index (χ1v) is 5.94. The maximum absolute atomic E-state index is 11.9. The molecule has 3 amide bonds. The number of fused-ring (bicyclic) bond motifs is 1. The second kappa shape index (κ2) is 4.38. The molecular weight excluding hydrogens is 246 g/mol. The van der Waals surface area contributed by atoms with Gasteiger partial charge in [0.15, 0.2) is 5.58 Å². The molecule has 19 heavy (non-hydrogen) atoms. The Morgan fingerprint density at radius 2 is 2.37 bits per heavy atom. The number of nitrogens with two attached hydrogens (primary N) is 1. The quantitative estimate of drug-likeness (QED) is 0.877. The van der Waals surface area contributed by atoms with Crippen LogP contribution in [0.2, 0.25) is 0 Å². The number of urea groups is 1. The van der Waals surface area contributed by atoms with E-state index in [1.54, 1.807) is 12.3 Å². The van der Waals surface area contributed by atoms with Crippen molar-refractivity contribution in [2.45, 2.75) is 12.8 Å². The van der Waals surface area contributed by atoms with E-state index in [0.29, 0.717) is 36.6 Å². The van der Waals surface area contributed by atoms with Crippen LogP contribution in [0.1, 0.15) is 12.2 Å². The van der Waals surface area contributed by atoms with Crippen LogP contribution in [0.4, 0.5) is 4.79 Å². The number of hydrogen-bond donors (Lipinski definition) is 1. The summed E-state index contributed by atoms with van der Waals surface area (Å²) in [6, 6.07) is 4.72. The number of nitrogens with zero attached hydrogens (tertiary/aromatic N) is 2. The lowest BCUT2D eigenvalue weighted by Crippen LogP contribution is -2.37. The van der Waals surface area contributed by atoms with E-state index in [1.807, 2.05) is 12.1 Å². The molecule has 6 nitrogen and oxygen atoms in total. The van der Waals surface area contributed by atoms with Gasteiger partial charge in [-0.2, -0.15) is 0 Å². The zero-order valence-corrected chi connectivity index (χ0v) is 10.1. The summed E-state index contributed by atoms with van der Waals surface area (Å²) in [7, 11) is 0. The first kappa shape index (κ1) is 11.7. The van der Waals surface area contributed by atoms with Crippen molar-refractivity contribution in [3.8, 4) is 0 Å². The van der Waals surface area contributed by atoms with Crippen LogP contribution in [0.15, 0.2) is 28.8 Å².